The van der Waals surface area contributed by atoms with Crippen LogP contribution in [0.4, 0.5) is 5.69 Å². The Bertz CT molecular complexity index is 1060. The van der Waals surface area contributed by atoms with E-state index in [9.17, 15) is 9.59 Å². The van der Waals surface area contributed by atoms with Crippen molar-refractivity contribution in [2.45, 2.75) is 44.9 Å². The Labute approximate surface area is 181 Å². The Morgan fingerprint density at radius 1 is 1.32 bits per heavy atom. The largest absolute Gasteiger partial charge is 0.361 e. The van der Waals surface area contributed by atoms with Gasteiger partial charge < -0.3 is 19.1 Å². The van der Waals surface area contributed by atoms with Crippen molar-refractivity contribution in [3.05, 3.63) is 59.5 Å². The molecular weight excluding hydrogens is 394 g/mol. The van der Waals surface area contributed by atoms with Crippen LogP contribution in [0.3, 0.4) is 0 Å². The molecule has 3 aliphatic heterocycles. The molecule has 2 fully saturated rings. The van der Waals surface area contributed by atoms with Crippen molar-refractivity contribution in [3.63, 3.8) is 0 Å². The first-order chi connectivity index (χ1) is 14.8. The van der Waals surface area contributed by atoms with Gasteiger partial charge in [-0.1, -0.05) is 43.3 Å². The summed E-state index contributed by atoms with van der Waals surface area (Å²) in [6.07, 6.45) is 3.55. The van der Waals surface area contributed by atoms with Crippen molar-refractivity contribution in [2.75, 3.05) is 18.5 Å². The lowest BCUT2D eigenvalue weighted by Crippen LogP contribution is -2.44. The van der Waals surface area contributed by atoms with E-state index in [0.29, 0.717) is 30.5 Å². The van der Waals surface area contributed by atoms with Gasteiger partial charge in [-0.2, -0.15) is 0 Å². The number of hydrogen-bond donors (Lipinski definition) is 0. The molecule has 7 heteroatoms. The molecule has 7 nitrogen and oxygen atoms in total. The molecule has 0 unspecified atom stereocenters. The Morgan fingerprint density at radius 3 is 2.71 bits per heavy atom. The zero-order chi connectivity index (χ0) is 21.9. The number of ether oxygens (including phenoxy) is 1. The minimum Gasteiger partial charge on any atom is -0.361 e. The number of carbonyl (C=O) groups excluding carboxylic acids is 2. The normalized spacial score (nSPS) is 28.6. The van der Waals surface area contributed by atoms with Crippen molar-refractivity contribution in [3.8, 4) is 0 Å². The molecule has 0 radical (unpaired) electrons. The van der Waals surface area contributed by atoms with Crippen LogP contribution in [0.5, 0.6) is 0 Å². The van der Waals surface area contributed by atoms with Gasteiger partial charge >= 0.3 is 0 Å². The molecule has 4 heterocycles. The third-order valence-electron chi connectivity index (χ3n) is 6.71. The fourth-order valence-electron chi connectivity index (χ4n) is 5.11. The van der Waals surface area contributed by atoms with E-state index >= 15 is 0 Å². The van der Waals surface area contributed by atoms with Gasteiger partial charge in [0, 0.05) is 18.8 Å². The van der Waals surface area contributed by atoms with Crippen molar-refractivity contribution in [1.82, 2.24) is 10.1 Å². The van der Waals surface area contributed by atoms with Crippen LogP contribution in [-0.4, -0.2) is 47.2 Å². The third kappa shape index (κ3) is 3.10. The highest BCUT2D eigenvalue weighted by Crippen LogP contribution is 2.53. The van der Waals surface area contributed by atoms with E-state index in [4.69, 9.17) is 9.26 Å². The molecule has 2 aromatic rings. The summed E-state index contributed by atoms with van der Waals surface area (Å²) in [5.74, 6) is -0.0718. The minimum atomic E-state index is -0.732. The van der Waals surface area contributed by atoms with E-state index in [0.717, 1.165) is 5.69 Å². The Balaban J connectivity index is 1.39. The van der Waals surface area contributed by atoms with Crippen LogP contribution in [0, 0.1) is 18.8 Å². The molecule has 31 heavy (non-hydrogen) atoms. The summed E-state index contributed by atoms with van der Waals surface area (Å²) in [5.41, 5.74) is 2.02. The molecule has 3 aliphatic rings. The lowest BCUT2D eigenvalue weighted by Gasteiger charge is -2.27. The summed E-state index contributed by atoms with van der Waals surface area (Å²) in [6.45, 7) is 6.86. The molecule has 0 saturated carbocycles. The molecule has 5 rings (SSSR count). The highest BCUT2D eigenvalue weighted by Gasteiger charge is 2.67. The second kappa shape index (κ2) is 7.05. The van der Waals surface area contributed by atoms with E-state index in [-0.39, 0.29) is 17.9 Å². The molecular formula is C24H27N3O4. The first-order valence-electron chi connectivity index (χ1n) is 10.7. The van der Waals surface area contributed by atoms with Gasteiger partial charge in [0.1, 0.15) is 17.1 Å². The monoisotopic (exact) mass is 421 g/mol. The van der Waals surface area contributed by atoms with Crippen LogP contribution < -0.4 is 4.90 Å². The smallest absolute Gasteiger partial charge is 0.234 e. The molecule has 0 N–H and O–H groups in total. The maximum atomic E-state index is 13.5. The van der Waals surface area contributed by atoms with Gasteiger partial charge in [-0.15, -0.1) is 0 Å². The van der Waals surface area contributed by atoms with Crippen LogP contribution in [-0.2, 0) is 20.9 Å². The molecule has 4 atom stereocenters. The molecule has 1 aromatic carbocycles. The van der Waals surface area contributed by atoms with Crippen LogP contribution in [0.1, 0.15) is 36.8 Å². The average molecular weight is 421 g/mol. The predicted octanol–water partition coefficient (Wildman–Crippen LogP) is 3.05. The van der Waals surface area contributed by atoms with Crippen molar-refractivity contribution in [1.29, 1.82) is 0 Å². The molecule has 2 amide bonds. The zero-order valence-corrected chi connectivity index (χ0v) is 18.2. The van der Waals surface area contributed by atoms with E-state index in [1.807, 2.05) is 37.3 Å². The topological polar surface area (TPSA) is 75.9 Å². The first kappa shape index (κ1) is 20.0. The second-order valence-electron chi connectivity index (χ2n) is 9.19. The number of aryl methyl sites for hydroxylation is 1. The van der Waals surface area contributed by atoms with Gasteiger partial charge in [0.15, 0.2) is 0 Å². The number of nitrogens with zero attached hydrogens (tertiary/aromatic N) is 3. The summed E-state index contributed by atoms with van der Waals surface area (Å²) in [5, 5.41) is 3.97. The quantitative estimate of drug-likeness (QED) is 0.694. The standard InChI is InChI=1S/C24H27N3O4/c1-14(2)16-5-7-18(8-6-16)27-13-24-10-9-19(30-24)20(21(24)23(27)29)22(28)26(4)12-17-11-15(3)31-25-17/h5-11,14,19-21H,12-13H2,1-4H3/t19-,20-,21+,24-/m0/s1. The van der Waals surface area contributed by atoms with Crippen LogP contribution in [0.25, 0.3) is 0 Å². The summed E-state index contributed by atoms with van der Waals surface area (Å²) >= 11 is 0. The van der Waals surface area contributed by atoms with E-state index in [1.54, 1.807) is 16.8 Å². The number of amides is 2. The Hall–Kier alpha value is -2.93. The summed E-state index contributed by atoms with van der Waals surface area (Å²) < 4.78 is 11.4. The highest BCUT2D eigenvalue weighted by molar-refractivity contribution is 6.03. The molecule has 162 valence electrons. The van der Waals surface area contributed by atoms with Crippen LogP contribution in [0.15, 0.2) is 47.0 Å². The fraction of sp³-hybridized carbons (Fsp3) is 0.458. The van der Waals surface area contributed by atoms with Crippen molar-refractivity contribution >= 4 is 17.5 Å². The lowest BCUT2D eigenvalue weighted by atomic mass is 9.76. The number of hydrogen-bond acceptors (Lipinski definition) is 5. The molecule has 0 aliphatic carbocycles. The number of benzene rings is 1. The van der Waals surface area contributed by atoms with Gasteiger partial charge in [-0.05, 0) is 30.5 Å². The van der Waals surface area contributed by atoms with Gasteiger partial charge in [-0.3, -0.25) is 9.59 Å². The summed E-state index contributed by atoms with van der Waals surface area (Å²) in [4.78, 5) is 30.3. The molecule has 2 bridgehead atoms. The maximum Gasteiger partial charge on any atom is 0.234 e. The van der Waals surface area contributed by atoms with E-state index < -0.39 is 17.4 Å². The zero-order valence-electron chi connectivity index (χ0n) is 18.2. The minimum absolute atomic E-state index is 0.0480. The Morgan fingerprint density at radius 2 is 2.06 bits per heavy atom. The van der Waals surface area contributed by atoms with Gasteiger partial charge in [0.2, 0.25) is 11.8 Å². The van der Waals surface area contributed by atoms with Crippen LogP contribution in [0.2, 0.25) is 0 Å². The number of fused-ring (bicyclic) bond motifs is 1. The van der Waals surface area contributed by atoms with Crippen LogP contribution >= 0.6 is 0 Å². The van der Waals surface area contributed by atoms with Gasteiger partial charge in [0.05, 0.1) is 31.0 Å². The van der Waals surface area contributed by atoms with E-state index in [1.165, 1.54) is 5.56 Å². The first-order valence-corrected chi connectivity index (χ1v) is 10.7. The average Bonchev–Trinajstić information content (AvgIpc) is 3.49. The summed E-state index contributed by atoms with van der Waals surface area (Å²) in [7, 11) is 1.73. The fourth-order valence-corrected chi connectivity index (χ4v) is 5.11. The number of aromatic nitrogens is 1. The van der Waals surface area contributed by atoms with E-state index in [2.05, 4.69) is 31.1 Å². The number of anilines is 1. The number of carbonyl (C=O) groups is 2. The Kier molecular flexibility index (Phi) is 4.55. The third-order valence-corrected chi connectivity index (χ3v) is 6.71. The van der Waals surface area contributed by atoms with Crippen molar-refractivity contribution < 1.29 is 18.8 Å². The lowest BCUT2D eigenvalue weighted by molar-refractivity contribution is -0.139. The highest BCUT2D eigenvalue weighted by atomic mass is 16.5. The SMILES string of the molecule is Cc1cc(CN(C)C(=O)[C@H]2[C@@H]3C=C[C@@]4(CN(c5ccc(C(C)C)cc5)C(=O)[C@@H]24)O3)no1. The number of rotatable bonds is 5. The molecule has 2 saturated heterocycles. The second-order valence-corrected chi connectivity index (χ2v) is 9.19. The maximum absolute atomic E-state index is 13.5. The van der Waals surface area contributed by atoms with Crippen molar-refractivity contribution in [2.24, 2.45) is 11.8 Å². The van der Waals surface area contributed by atoms with Gasteiger partial charge in [-0.25, -0.2) is 0 Å². The molecule has 1 spiro atoms. The molecule has 1 aromatic heterocycles. The summed E-state index contributed by atoms with van der Waals surface area (Å²) in [6, 6.07) is 9.90. The predicted molar refractivity (Wildman–Crippen MR) is 114 cm³/mol. The van der Waals surface area contributed by atoms with Gasteiger partial charge in [0.25, 0.3) is 0 Å².